The summed E-state index contributed by atoms with van der Waals surface area (Å²) in [4.78, 5) is 38.5. The minimum Gasteiger partial charge on any atom is -0.494 e. The molecule has 0 bridgehead atoms. The number of ether oxygens (including phenoxy) is 2. The van der Waals surface area contributed by atoms with Crippen molar-refractivity contribution in [3.05, 3.63) is 29.3 Å². The number of carbonyl (C=O) groups excluding carboxylic acids is 3. The summed E-state index contributed by atoms with van der Waals surface area (Å²) in [5.74, 6) is 0.0416. The van der Waals surface area contributed by atoms with Crippen molar-refractivity contribution < 1.29 is 23.9 Å². The molecule has 8 heteroatoms. The molecule has 1 unspecified atom stereocenters. The monoisotopic (exact) mass is 445 g/mol. The average Bonchev–Trinajstić information content (AvgIpc) is 3.03. The number of carbonyl (C=O) groups is 3. The lowest BCUT2D eigenvalue weighted by atomic mass is 9.97. The van der Waals surface area contributed by atoms with E-state index in [2.05, 4.69) is 5.32 Å². The number of primary amides is 1. The molecule has 1 aromatic carbocycles. The average molecular weight is 446 g/mol. The van der Waals surface area contributed by atoms with Crippen LogP contribution in [0, 0.1) is 5.92 Å². The van der Waals surface area contributed by atoms with Crippen molar-refractivity contribution in [2.45, 2.75) is 71.1 Å². The highest BCUT2D eigenvalue weighted by atomic mass is 16.6. The third-order valence-corrected chi connectivity index (χ3v) is 5.85. The molecule has 2 aliphatic heterocycles. The van der Waals surface area contributed by atoms with E-state index in [0.29, 0.717) is 23.8 Å². The predicted octanol–water partition coefficient (Wildman–Crippen LogP) is 2.39. The molecule has 32 heavy (non-hydrogen) atoms. The van der Waals surface area contributed by atoms with Gasteiger partial charge in [-0.1, -0.05) is 0 Å². The third kappa shape index (κ3) is 6.45. The standard InChI is InChI=1S/C24H35N3O5/c1-24(2,3)32-21(28)9-8-20(22(25)29)27-15-17-13-18(6-7-19(17)23(27)30)31-12-10-16-5-4-11-26-14-16/h6-7,13,16,20,26H,4-5,8-12,14-15H2,1-3H3,(H2,25,29)/t16?,20-/m0/s1. The second-order valence-electron chi connectivity index (χ2n) is 9.64. The van der Waals surface area contributed by atoms with E-state index in [1.807, 2.05) is 6.07 Å². The first kappa shape index (κ1) is 24.0. The summed E-state index contributed by atoms with van der Waals surface area (Å²) in [6, 6.07) is 4.52. The van der Waals surface area contributed by atoms with Crippen molar-refractivity contribution in [2.75, 3.05) is 19.7 Å². The first-order valence-electron chi connectivity index (χ1n) is 11.4. The van der Waals surface area contributed by atoms with Gasteiger partial charge in [-0.3, -0.25) is 14.4 Å². The van der Waals surface area contributed by atoms with Gasteiger partial charge in [-0.25, -0.2) is 0 Å². The molecular formula is C24H35N3O5. The lowest BCUT2D eigenvalue weighted by molar-refractivity contribution is -0.155. The van der Waals surface area contributed by atoms with Crippen molar-refractivity contribution in [1.82, 2.24) is 10.2 Å². The van der Waals surface area contributed by atoms with Crippen LogP contribution in [0.3, 0.4) is 0 Å². The van der Waals surface area contributed by atoms with Gasteiger partial charge in [0.05, 0.1) is 6.61 Å². The summed E-state index contributed by atoms with van der Waals surface area (Å²) in [6.45, 7) is 8.36. The Kier molecular flexibility index (Phi) is 7.77. The maximum atomic E-state index is 12.9. The predicted molar refractivity (Wildman–Crippen MR) is 120 cm³/mol. The quantitative estimate of drug-likeness (QED) is 0.565. The number of hydrogen-bond acceptors (Lipinski definition) is 6. The summed E-state index contributed by atoms with van der Waals surface area (Å²) >= 11 is 0. The summed E-state index contributed by atoms with van der Waals surface area (Å²) in [6.07, 6.45) is 3.56. The van der Waals surface area contributed by atoms with E-state index in [1.54, 1.807) is 32.9 Å². The molecule has 176 valence electrons. The molecular weight excluding hydrogens is 410 g/mol. The number of piperidine rings is 1. The molecule has 2 amide bonds. The van der Waals surface area contributed by atoms with Crippen molar-refractivity contribution in [3.63, 3.8) is 0 Å². The minimum absolute atomic E-state index is 0.00931. The normalized spacial score (nSPS) is 19.4. The molecule has 2 aliphatic rings. The van der Waals surface area contributed by atoms with Gasteiger partial charge in [-0.15, -0.1) is 0 Å². The van der Waals surface area contributed by atoms with Crippen LogP contribution in [0.15, 0.2) is 18.2 Å². The Bertz CT molecular complexity index is 843. The molecule has 3 N–H and O–H groups in total. The zero-order chi connectivity index (χ0) is 23.3. The van der Waals surface area contributed by atoms with Crippen LogP contribution in [-0.2, 0) is 20.9 Å². The summed E-state index contributed by atoms with van der Waals surface area (Å²) in [7, 11) is 0. The van der Waals surface area contributed by atoms with Crippen LogP contribution in [0.1, 0.15) is 68.8 Å². The number of nitrogens with one attached hydrogen (secondary N) is 1. The molecule has 1 aromatic rings. The highest BCUT2D eigenvalue weighted by Gasteiger charge is 2.36. The zero-order valence-electron chi connectivity index (χ0n) is 19.3. The topological polar surface area (TPSA) is 111 Å². The van der Waals surface area contributed by atoms with E-state index in [0.717, 1.165) is 25.1 Å². The molecule has 2 heterocycles. The Morgan fingerprint density at radius 1 is 1.31 bits per heavy atom. The van der Waals surface area contributed by atoms with Crippen LogP contribution >= 0.6 is 0 Å². The van der Waals surface area contributed by atoms with Gasteiger partial charge in [-0.2, -0.15) is 0 Å². The van der Waals surface area contributed by atoms with Gasteiger partial charge in [-0.05, 0) is 89.2 Å². The Morgan fingerprint density at radius 2 is 2.09 bits per heavy atom. The Morgan fingerprint density at radius 3 is 2.75 bits per heavy atom. The van der Waals surface area contributed by atoms with Crippen LogP contribution in [0.5, 0.6) is 5.75 Å². The molecule has 0 saturated carbocycles. The number of amides is 2. The molecule has 2 atom stereocenters. The molecule has 0 radical (unpaired) electrons. The van der Waals surface area contributed by atoms with Crippen molar-refractivity contribution >= 4 is 17.8 Å². The number of fused-ring (bicyclic) bond motifs is 1. The van der Waals surface area contributed by atoms with E-state index in [-0.39, 0.29) is 25.3 Å². The highest BCUT2D eigenvalue weighted by Crippen LogP contribution is 2.30. The first-order valence-corrected chi connectivity index (χ1v) is 11.4. The van der Waals surface area contributed by atoms with Gasteiger partial charge < -0.3 is 25.4 Å². The maximum absolute atomic E-state index is 12.9. The van der Waals surface area contributed by atoms with Crippen LogP contribution in [0.25, 0.3) is 0 Å². The molecule has 8 nitrogen and oxygen atoms in total. The van der Waals surface area contributed by atoms with Gasteiger partial charge in [0.25, 0.3) is 5.91 Å². The molecule has 1 fully saturated rings. The van der Waals surface area contributed by atoms with E-state index in [1.165, 1.54) is 17.7 Å². The van der Waals surface area contributed by atoms with Crippen LogP contribution in [0.4, 0.5) is 0 Å². The lowest BCUT2D eigenvalue weighted by Crippen LogP contribution is -2.45. The number of esters is 1. The molecule has 0 aliphatic carbocycles. The number of rotatable bonds is 9. The Labute approximate surface area is 189 Å². The number of nitrogens with two attached hydrogens (primary N) is 1. The summed E-state index contributed by atoms with van der Waals surface area (Å²) < 4.78 is 11.2. The van der Waals surface area contributed by atoms with Gasteiger partial charge >= 0.3 is 5.97 Å². The lowest BCUT2D eigenvalue weighted by Gasteiger charge is -2.25. The van der Waals surface area contributed by atoms with E-state index >= 15 is 0 Å². The van der Waals surface area contributed by atoms with E-state index in [9.17, 15) is 14.4 Å². The molecule has 0 spiro atoms. The first-order chi connectivity index (χ1) is 15.1. The number of hydrogen-bond donors (Lipinski definition) is 2. The van der Waals surface area contributed by atoms with Crippen LogP contribution < -0.4 is 15.8 Å². The van der Waals surface area contributed by atoms with Gasteiger partial charge in [0, 0.05) is 18.5 Å². The molecule has 1 saturated heterocycles. The van der Waals surface area contributed by atoms with E-state index in [4.69, 9.17) is 15.2 Å². The fourth-order valence-electron chi connectivity index (χ4n) is 4.27. The van der Waals surface area contributed by atoms with Gasteiger partial charge in [0.1, 0.15) is 17.4 Å². The fraction of sp³-hybridized carbons (Fsp3) is 0.625. The van der Waals surface area contributed by atoms with Crippen LogP contribution in [-0.4, -0.2) is 54.0 Å². The van der Waals surface area contributed by atoms with Gasteiger partial charge in [0.15, 0.2) is 0 Å². The number of nitrogens with zero attached hydrogens (tertiary/aromatic N) is 1. The van der Waals surface area contributed by atoms with Crippen molar-refractivity contribution in [2.24, 2.45) is 11.7 Å². The SMILES string of the molecule is CC(C)(C)OC(=O)CC[C@@H](C(N)=O)N1Cc2cc(OCCC3CCCNC3)ccc2C1=O. The summed E-state index contributed by atoms with van der Waals surface area (Å²) in [5, 5.41) is 3.41. The van der Waals surface area contributed by atoms with Crippen molar-refractivity contribution in [1.29, 1.82) is 0 Å². The highest BCUT2D eigenvalue weighted by molar-refractivity contribution is 6.01. The number of benzene rings is 1. The maximum Gasteiger partial charge on any atom is 0.306 e. The second-order valence-corrected chi connectivity index (χ2v) is 9.64. The molecule has 3 rings (SSSR count). The Hall–Kier alpha value is -2.61. The minimum atomic E-state index is -0.870. The second kappa shape index (κ2) is 10.3. The molecule has 0 aromatic heterocycles. The van der Waals surface area contributed by atoms with Gasteiger partial charge in [0.2, 0.25) is 5.91 Å². The third-order valence-electron chi connectivity index (χ3n) is 5.85. The van der Waals surface area contributed by atoms with Crippen molar-refractivity contribution in [3.8, 4) is 5.75 Å². The smallest absolute Gasteiger partial charge is 0.306 e. The van der Waals surface area contributed by atoms with E-state index < -0.39 is 23.5 Å². The van der Waals surface area contributed by atoms with Crippen LogP contribution in [0.2, 0.25) is 0 Å². The zero-order valence-corrected chi connectivity index (χ0v) is 19.3. The largest absolute Gasteiger partial charge is 0.494 e. The fourth-order valence-corrected chi connectivity index (χ4v) is 4.27. The summed E-state index contributed by atoms with van der Waals surface area (Å²) in [5.41, 5.74) is 6.31. The Balaban J connectivity index is 1.58.